The van der Waals surface area contributed by atoms with Crippen LogP contribution in [0.4, 0.5) is 0 Å². The topological polar surface area (TPSA) is 58.4 Å². The number of amides is 1. The predicted octanol–water partition coefficient (Wildman–Crippen LogP) is 2.20. The summed E-state index contributed by atoms with van der Waals surface area (Å²) in [7, 11) is 2.00. The summed E-state index contributed by atoms with van der Waals surface area (Å²) in [6.07, 6.45) is 7.90. The van der Waals surface area contributed by atoms with E-state index in [0.29, 0.717) is 12.5 Å². The number of rotatable bonds is 5. The fourth-order valence-electron chi connectivity index (χ4n) is 3.67. The second-order valence-corrected chi connectivity index (χ2v) is 6.32. The van der Waals surface area contributed by atoms with Crippen molar-refractivity contribution < 1.29 is 4.79 Å². The highest BCUT2D eigenvalue weighted by molar-refractivity contribution is 5.85. The van der Waals surface area contributed by atoms with Crippen LogP contribution in [0.3, 0.4) is 0 Å². The van der Waals surface area contributed by atoms with E-state index in [2.05, 4.69) is 10.2 Å². The van der Waals surface area contributed by atoms with Crippen molar-refractivity contribution >= 4 is 30.7 Å². The van der Waals surface area contributed by atoms with Gasteiger partial charge in [0.15, 0.2) is 0 Å². The lowest BCUT2D eigenvalue weighted by Gasteiger charge is -2.38. The van der Waals surface area contributed by atoms with Crippen molar-refractivity contribution in [3.05, 3.63) is 0 Å². The second-order valence-electron chi connectivity index (χ2n) is 6.32. The van der Waals surface area contributed by atoms with Crippen LogP contribution in [-0.2, 0) is 4.79 Å². The van der Waals surface area contributed by atoms with Gasteiger partial charge < -0.3 is 16.0 Å². The van der Waals surface area contributed by atoms with E-state index in [1.807, 2.05) is 7.05 Å². The van der Waals surface area contributed by atoms with Gasteiger partial charge in [0.25, 0.3) is 0 Å². The van der Waals surface area contributed by atoms with Gasteiger partial charge in [-0.25, -0.2) is 0 Å². The highest BCUT2D eigenvalue weighted by Gasteiger charge is 2.42. The van der Waals surface area contributed by atoms with Crippen LogP contribution in [-0.4, -0.2) is 44.0 Å². The zero-order valence-electron chi connectivity index (χ0n) is 13.1. The molecule has 1 saturated heterocycles. The summed E-state index contributed by atoms with van der Waals surface area (Å²) in [6, 6.07) is 0. The molecule has 0 radical (unpaired) electrons. The first-order valence-corrected chi connectivity index (χ1v) is 7.86. The molecule has 6 heteroatoms. The number of nitrogens with zero attached hydrogens (tertiary/aromatic N) is 1. The van der Waals surface area contributed by atoms with Gasteiger partial charge in [0.2, 0.25) is 5.91 Å². The summed E-state index contributed by atoms with van der Waals surface area (Å²) in [5.41, 5.74) is 5.70. The molecule has 4 nitrogen and oxygen atoms in total. The summed E-state index contributed by atoms with van der Waals surface area (Å²) in [4.78, 5) is 14.8. The molecule has 1 heterocycles. The Hall–Kier alpha value is -0.0300. The Labute approximate surface area is 141 Å². The number of carbonyl (C=O) groups excluding carboxylic acids is 1. The van der Waals surface area contributed by atoms with Crippen molar-refractivity contribution in [2.45, 2.75) is 44.9 Å². The average Bonchev–Trinajstić information content (AvgIpc) is 2.95. The predicted molar refractivity (Wildman–Crippen MR) is 92.3 cm³/mol. The van der Waals surface area contributed by atoms with Crippen LogP contribution < -0.4 is 11.1 Å². The molecule has 0 aromatic rings. The molecule has 0 bridgehead atoms. The summed E-state index contributed by atoms with van der Waals surface area (Å²) in [6.45, 7) is 3.50. The summed E-state index contributed by atoms with van der Waals surface area (Å²) >= 11 is 0. The first-order valence-electron chi connectivity index (χ1n) is 7.86. The minimum Gasteiger partial charge on any atom is -0.342 e. The van der Waals surface area contributed by atoms with E-state index in [1.165, 1.54) is 19.3 Å². The van der Waals surface area contributed by atoms with E-state index < -0.39 is 0 Å². The van der Waals surface area contributed by atoms with Gasteiger partial charge in [-0.2, -0.15) is 0 Å². The molecule has 21 heavy (non-hydrogen) atoms. The fourth-order valence-corrected chi connectivity index (χ4v) is 3.67. The molecular weight excluding hydrogens is 309 g/mol. The number of likely N-dealkylation sites (tertiary alicyclic amines) is 1. The van der Waals surface area contributed by atoms with Gasteiger partial charge in [0.1, 0.15) is 0 Å². The Balaban J connectivity index is 0.00000200. The van der Waals surface area contributed by atoms with E-state index in [9.17, 15) is 4.79 Å². The van der Waals surface area contributed by atoms with Crippen molar-refractivity contribution in [1.29, 1.82) is 0 Å². The van der Waals surface area contributed by atoms with E-state index >= 15 is 0 Å². The standard InChI is InChI=1S/C15H29N3O.2ClH/c1-17-9-4-13-5-10-18(11-6-13)14(19)15(12-16)7-2-3-8-15;;/h13,17H,2-12,16H2,1H3;2*1H. The van der Waals surface area contributed by atoms with E-state index in [1.54, 1.807) is 0 Å². The number of piperidine rings is 1. The highest BCUT2D eigenvalue weighted by atomic mass is 35.5. The molecule has 0 unspecified atom stereocenters. The average molecular weight is 340 g/mol. The Kier molecular flexibility index (Phi) is 9.87. The van der Waals surface area contributed by atoms with Crippen molar-refractivity contribution in [2.75, 3.05) is 33.2 Å². The molecule has 0 spiro atoms. The molecule has 1 saturated carbocycles. The lowest BCUT2D eigenvalue weighted by atomic mass is 9.83. The molecule has 0 aromatic carbocycles. The molecule has 1 aliphatic carbocycles. The number of hydrogen-bond acceptors (Lipinski definition) is 3. The van der Waals surface area contributed by atoms with E-state index in [-0.39, 0.29) is 30.2 Å². The Morgan fingerprint density at radius 1 is 1.24 bits per heavy atom. The minimum atomic E-state index is -0.211. The van der Waals surface area contributed by atoms with Gasteiger partial charge in [-0.15, -0.1) is 24.8 Å². The third-order valence-corrected chi connectivity index (χ3v) is 5.11. The molecule has 2 fully saturated rings. The molecule has 0 aromatic heterocycles. The number of nitrogens with two attached hydrogens (primary N) is 1. The monoisotopic (exact) mass is 339 g/mol. The molecule has 2 aliphatic rings. The third-order valence-electron chi connectivity index (χ3n) is 5.11. The van der Waals surface area contributed by atoms with Crippen LogP contribution in [0.25, 0.3) is 0 Å². The van der Waals surface area contributed by atoms with E-state index in [4.69, 9.17) is 5.73 Å². The molecule has 0 atom stereocenters. The van der Waals surface area contributed by atoms with E-state index in [0.717, 1.165) is 51.2 Å². The molecular formula is C15H31Cl2N3O. The normalized spacial score (nSPS) is 21.5. The lowest BCUT2D eigenvalue weighted by Crippen LogP contribution is -2.49. The van der Waals surface area contributed by atoms with Gasteiger partial charge >= 0.3 is 0 Å². The fraction of sp³-hybridized carbons (Fsp3) is 0.933. The zero-order chi connectivity index (χ0) is 13.7. The largest absolute Gasteiger partial charge is 0.342 e. The third kappa shape index (κ3) is 4.98. The van der Waals surface area contributed by atoms with Crippen molar-refractivity contribution in [1.82, 2.24) is 10.2 Å². The summed E-state index contributed by atoms with van der Waals surface area (Å²) in [5, 5.41) is 3.21. The van der Waals surface area contributed by atoms with Crippen LogP contribution in [0, 0.1) is 11.3 Å². The molecule has 126 valence electrons. The minimum absolute atomic E-state index is 0. The second kappa shape index (κ2) is 9.88. The quantitative estimate of drug-likeness (QED) is 0.807. The SMILES string of the molecule is CNCCC1CCN(C(=O)C2(CN)CCCC2)CC1.Cl.Cl. The zero-order valence-corrected chi connectivity index (χ0v) is 14.7. The van der Waals surface area contributed by atoms with Crippen LogP contribution in [0.2, 0.25) is 0 Å². The molecule has 2 rings (SSSR count). The Morgan fingerprint density at radius 2 is 1.81 bits per heavy atom. The van der Waals surface area contributed by atoms with Crippen LogP contribution in [0.5, 0.6) is 0 Å². The van der Waals surface area contributed by atoms with Gasteiger partial charge in [-0.1, -0.05) is 12.8 Å². The highest BCUT2D eigenvalue weighted by Crippen LogP contribution is 2.39. The summed E-state index contributed by atoms with van der Waals surface area (Å²) in [5.74, 6) is 1.13. The molecule has 1 aliphatic heterocycles. The van der Waals surface area contributed by atoms with Crippen molar-refractivity contribution in [2.24, 2.45) is 17.1 Å². The van der Waals surface area contributed by atoms with Crippen LogP contribution in [0.1, 0.15) is 44.9 Å². The number of halogens is 2. The van der Waals surface area contributed by atoms with Crippen LogP contribution >= 0.6 is 24.8 Å². The van der Waals surface area contributed by atoms with Gasteiger partial charge in [-0.05, 0) is 51.6 Å². The maximum Gasteiger partial charge on any atom is 0.230 e. The Bertz CT molecular complexity index is 301. The molecule has 3 N–H and O–H groups in total. The number of hydrogen-bond donors (Lipinski definition) is 2. The van der Waals surface area contributed by atoms with Crippen molar-refractivity contribution in [3.63, 3.8) is 0 Å². The first kappa shape index (κ1) is 21.0. The van der Waals surface area contributed by atoms with Gasteiger partial charge in [-0.3, -0.25) is 4.79 Å². The summed E-state index contributed by atoms with van der Waals surface area (Å²) < 4.78 is 0. The first-order chi connectivity index (χ1) is 9.22. The van der Waals surface area contributed by atoms with Gasteiger partial charge in [0.05, 0.1) is 5.41 Å². The Morgan fingerprint density at radius 3 is 2.29 bits per heavy atom. The van der Waals surface area contributed by atoms with Gasteiger partial charge in [0, 0.05) is 19.6 Å². The lowest BCUT2D eigenvalue weighted by molar-refractivity contribution is -0.142. The van der Waals surface area contributed by atoms with Crippen molar-refractivity contribution in [3.8, 4) is 0 Å². The number of nitrogens with one attached hydrogen (secondary N) is 1. The number of carbonyl (C=O) groups is 1. The molecule has 1 amide bonds. The maximum atomic E-state index is 12.7. The smallest absolute Gasteiger partial charge is 0.230 e. The van der Waals surface area contributed by atoms with Crippen LogP contribution in [0.15, 0.2) is 0 Å². The maximum absolute atomic E-state index is 12.7.